The summed E-state index contributed by atoms with van der Waals surface area (Å²) < 4.78 is 1.73. The van der Waals surface area contributed by atoms with Gasteiger partial charge in [-0.05, 0) is 49.4 Å². The first kappa shape index (κ1) is 20.0. The molecule has 0 saturated heterocycles. The summed E-state index contributed by atoms with van der Waals surface area (Å²) in [6, 6.07) is 8.74. The summed E-state index contributed by atoms with van der Waals surface area (Å²) >= 11 is 6.09. The third-order valence-corrected chi connectivity index (χ3v) is 5.52. The number of pyridine rings is 1. The first-order valence-electron chi connectivity index (χ1n) is 9.72. The van der Waals surface area contributed by atoms with E-state index in [9.17, 15) is 14.9 Å². The van der Waals surface area contributed by atoms with Crippen LogP contribution in [0.5, 0.6) is 0 Å². The number of hydrogen-bond acceptors (Lipinski definition) is 5. The number of nitrogens with zero attached hydrogens (tertiary/aromatic N) is 4. The highest BCUT2D eigenvalue weighted by Crippen LogP contribution is 2.24. The Morgan fingerprint density at radius 1 is 1.37 bits per heavy atom. The topological polar surface area (TPSA) is 103 Å². The van der Waals surface area contributed by atoms with Crippen molar-refractivity contribution in [1.82, 2.24) is 20.1 Å². The predicted molar refractivity (Wildman–Crippen MR) is 112 cm³/mol. The molecule has 9 heteroatoms. The second-order valence-electron chi connectivity index (χ2n) is 7.22. The highest BCUT2D eigenvalue weighted by Gasteiger charge is 2.25. The first-order chi connectivity index (χ1) is 14.5. The SMILES string of the molecule is CCc1c(C(=O)N[C@@H]2CCc3ncc([N+](=O)[O-])cc3C2)cnn1-c1cccc(Cl)c1. The second kappa shape index (κ2) is 8.23. The molecule has 1 atom stereocenters. The van der Waals surface area contributed by atoms with Crippen molar-refractivity contribution in [3.05, 3.63) is 80.4 Å². The number of hydrogen-bond donors (Lipinski definition) is 1. The number of halogens is 1. The molecule has 1 N–H and O–H groups in total. The maximum atomic E-state index is 13.0. The number of aryl methyl sites for hydroxylation is 1. The quantitative estimate of drug-likeness (QED) is 0.496. The summed E-state index contributed by atoms with van der Waals surface area (Å²) in [6.45, 7) is 1.97. The number of benzene rings is 1. The minimum Gasteiger partial charge on any atom is -0.349 e. The van der Waals surface area contributed by atoms with Gasteiger partial charge < -0.3 is 5.32 Å². The lowest BCUT2D eigenvalue weighted by Gasteiger charge is -2.24. The van der Waals surface area contributed by atoms with Crippen LogP contribution in [-0.4, -0.2) is 31.6 Å². The van der Waals surface area contributed by atoms with E-state index in [-0.39, 0.29) is 17.6 Å². The molecule has 0 bridgehead atoms. The predicted octanol–water partition coefficient (Wildman–Crippen LogP) is 3.68. The summed E-state index contributed by atoms with van der Waals surface area (Å²) in [4.78, 5) is 27.8. The van der Waals surface area contributed by atoms with Crippen molar-refractivity contribution in [1.29, 1.82) is 0 Å². The van der Waals surface area contributed by atoms with Crippen LogP contribution in [-0.2, 0) is 19.3 Å². The number of fused-ring (bicyclic) bond motifs is 1. The first-order valence-corrected chi connectivity index (χ1v) is 10.1. The van der Waals surface area contributed by atoms with Crippen LogP contribution in [0.2, 0.25) is 5.02 Å². The van der Waals surface area contributed by atoms with E-state index >= 15 is 0 Å². The van der Waals surface area contributed by atoms with Crippen molar-refractivity contribution < 1.29 is 9.72 Å². The molecule has 154 valence electrons. The third-order valence-electron chi connectivity index (χ3n) is 5.29. The Balaban J connectivity index is 1.54. The van der Waals surface area contributed by atoms with Gasteiger partial charge >= 0.3 is 0 Å². The lowest BCUT2D eigenvalue weighted by atomic mass is 9.91. The molecule has 0 saturated carbocycles. The van der Waals surface area contributed by atoms with Crippen LogP contribution in [0.15, 0.2) is 42.7 Å². The Labute approximate surface area is 178 Å². The lowest BCUT2D eigenvalue weighted by Crippen LogP contribution is -2.39. The molecule has 3 aromatic rings. The molecule has 8 nitrogen and oxygen atoms in total. The Kier molecular flexibility index (Phi) is 5.50. The smallest absolute Gasteiger partial charge is 0.287 e. The van der Waals surface area contributed by atoms with Gasteiger partial charge in [-0.2, -0.15) is 5.10 Å². The fraction of sp³-hybridized carbons (Fsp3) is 0.286. The molecule has 0 fully saturated rings. The van der Waals surface area contributed by atoms with Crippen molar-refractivity contribution in [3.63, 3.8) is 0 Å². The van der Waals surface area contributed by atoms with Crippen LogP contribution in [0, 0.1) is 10.1 Å². The average molecular weight is 426 g/mol. The molecular formula is C21H20ClN5O3. The number of amides is 1. The van der Waals surface area contributed by atoms with Crippen molar-refractivity contribution >= 4 is 23.2 Å². The Morgan fingerprint density at radius 2 is 2.20 bits per heavy atom. The van der Waals surface area contributed by atoms with Gasteiger partial charge in [-0.3, -0.25) is 19.9 Å². The molecule has 0 spiro atoms. The van der Waals surface area contributed by atoms with Gasteiger partial charge in [0.25, 0.3) is 11.6 Å². The highest BCUT2D eigenvalue weighted by atomic mass is 35.5. The molecule has 0 unspecified atom stereocenters. The monoisotopic (exact) mass is 425 g/mol. The van der Waals surface area contributed by atoms with Crippen LogP contribution in [0.3, 0.4) is 0 Å². The van der Waals surface area contributed by atoms with E-state index in [0.29, 0.717) is 29.8 Å². The third kappa shape index (κ3) is 3.91. The number of carbonyl (C=O) groups is 1. The summed E-state index contributed by atoms with van der Waals surface area (Å²) in [5, 5.41) is 19.1. The summed E-state index contributed by atoms with van der Waals surface area (Å²) in [5.41, 5.74) is 3.74. The molecule has 30 heavy (non-hydrogen) atoms. The fourth-order valence-electron chi connectivity index (χ4n) is 3.83. The summed E-state index contributed by atoms with van der Waals surface area (Å²) in [7, 11) is 0. The molecule has 4 rings (SSSR count). The number of nitrogens with one attached hydrogen (secondary N) is 1. The van der Waals surface area contributed by atoms with E-state index in [1.54, 1.807) is 29.1 Å². The van der Waals surface area contributed by atoms with E-state index in [2.05, 4.69) is 15.4 Å². The largest absolute Gasteiger partial charge is 0.349 e. The van der Waals surface area contributed by atoms with E-state index in [4.69, 9.17) is 11.6 Å². The Morgan fingerprint density at radius 3 is 2.93 bits per heavy atom. The van der Waals surface area contributed by atoms with Crippen molar-refractivity contribution in [2.24, 2.45) is 0 Å². The molecule has 1 amide bonds. The molecule has 0 radical (unpaired) electrons. The number of carbonyl (C=O) groups excluding carboxylic acids is 1. The molecular weight excluding hydrogens is 406 g/mol. The van der Waals surface area contributed by atoms with Gasteiger partial charge in [-0.15, -0.1) is 0 Å². The summed E-state index contributed by atoms with van der Waals surface area (Å²) in [5.74, 6) is -0.202. The van der Waals surface area contributed by atoms with Crippen molar-refractivity contribution in [3.8, 4) is 5.69 Å². The zero-order valence-electron chi connectivity index (χ0n) is 16.3. The molecule has 2 aromatic heterocycles. The minimum absolute atomic E-state index is 0.0307. The van der Waals surface area contributed by atoms with E-state index in [1.165, 1.54) is 6.20 Å². The minimum atomic E-state index is -0.451. The summed E-state index contributed by atoms with van der Waals surface area (Å²) in [6.07, 6.45) is 5.39. The van der Waals surface area contributed by atoms with Gasteiger partial charge in [-0.25, -0.2) is 4.68 Å². The fourth-order valence-corrected chi connectivity index (χ4v) is 4.01. The van der Waals surface area contributed by atoms with Crippen LogP contribution in [0.1, 0.15) is 40.7 Å². The van der Waals surface area contributed by atoms with Gasteiger partial charge in [0.05, 0.1) is 28.1 Å². The Hall–Kier alpha value is -3.26. The van der Waals surface area contributed by atoms with Gasteiger partial charge in [0, 0.05) is 22.8 Å². The van der Waals surface area contributed by atoms with E-state index in [0.717, 1.165) is 29.1 Å². The van der Waals surface area contributed by atoms with E-state index in [1.807, 2.05) is 19.1 Å². The maximum absolute atomic E-state index is 13.0. The maximum Gasteiger partial charge on any atom is 0.287 e. The molecule has 1 aromatic carbocycles. The molecule has 1 aliphatic carbocycles. The van der Waals surface area contributed by atoms with Crippen LogP contribution in [0.25, 0.3) is 5.69 Å². The van der Waals surface area contributed by atoms with Crippen molar-refractivity contribution in [2.75, 3.05) is 0 Å². The lowest BCUT2D eigenvalue weighted by molar-refractivity contribution is -0.385. The zero-order chi connectivity index (χ0) is 21.3. The van der Waals surface area contributed by atoms with Gasteiger partial charge in [0.2, 0.25) is 0 Å². The van der Waals surface area contributed by atoms with Crippen LogP contribution in [0.4, 0.5) is 5.69 Å². The molecule has 1 aliphatic rings. The second-order valence-corrected chi connectivity index (χ2v) is 7.66. The van der Waals surface area contributed by atoms with E-state index < -0.39 is 4.92 Å². The Bertz CT molecular complexity index is 1130. The number of aromatic nitrogens is 3. The van der Waals surface area contributed by atoms with Crippen LogP contribution < -0.4 is 5.32 Å². The molecule has 2 heterocycles. The number of nitro groups is 1. The normalized spacial score (nSPS) is 15.5. The van der Waals surface area contributed by atoms with Gasteiger partial charge in [-0.1, -0.05) is 24.6 Å². The van der Waals surface area contributed by atoms with Gasteiger partial charge in [0.1, 0.15) is 6.20 Å². The number of rotatable bonds is 5. The van der Waals surface area contributed by atoms with Crippen molar-refractivity contribution in [2.45, 2.75) is 38.6 Å². The van der Waals surface area contributed by atoms with Crippen LogP contribution >= 0.6 is 11.6 Å². The van der Waals surface area contributed by atoms with Gasteiger partial charge in [0.15, 0.2) is 0 Å². The average Bonchev–Trinajstić information content (AvgIpc) is 3.17. The highest BCUT2D eigenvalue weighted by molar-refractivity contribution is 6.30. The zero-order valence-corrected chi connectivity index (χ0v) is 17.1. The standard InChI is InChI=1S/C21H20ClN5O3/c1-2-20-18(12-24-26(20)16-5-3-4-14(22)10-16)21(28)25-15-6-7-19-13(8-15)9-17(11-23-19)27(29)30/h3-5,9-12,15H,2,6-8H2,1H3,(H,25,28)/t15-/m1/s1. The molecule has 0 aliphatic heterocycles.